The Bertz CT molecular complexity index is 1190. The van der Waals surface area contributed by atoms with E-state index in [1.54, 1.807) is 4.70 Å². The van der Waals surface area contributed by atoms with Crippen LogP contribution in [0.25, 0.3) is 16.9 Å². The van der Waals surface area contributed by atoms with Gasteiger partial charge in [-0.1, -0.05) is 111 Å². The van der Waals surface area contributed by atoms with E-state index in [1.165, 1.54) is 122 Å². The number of nitrogens with zero attached hydrogens (tertiary/aromatic N) is 2. The lowest BCUT2D eigenvalue weighted by molar-refractivity contribution is -0.345. The first-order valence-corrected chi connectivity index (χ1v) is 18.7. The van der Waals surface area contributed by atoms with E-state index in [4.69, 9.17) is 0 Å². The number of aryl methyl sites for hydroxylation is 4. The van der Waals surface area contributed by atoms with Gasteiger partial charge >= 0.3 is 0 Å². The normalized spacial score (nSPS) is 13.5. The maximum Gasteiger partial charge on any atom is 0.211 e. The van der Waals surface area contributed by atoms with Crippen molar-refractivity contribution in [2.75, 3.05) is 0 Å². The van der Waals surface area contributed by atoms with E-state index in [1.807, 2.05) is 0 Å². The van der Waals surface area contributed by atoms with Crippen LogP contribution in [0.5, 0.6) is 0 Å². The molecular weight excluding hydrogens is 532 g/mol. The van der Waals surface area contributed by atoms with Crippen molar-refractivity contribution in [3.63, 3.8) is 0 Å². The van der Waals surface area contributed by atoms with Gasteiger partial charge in [0.05, 0.1) is 0 Å². The van der Waals surface area contributed by atoms with Crippen LogP contribution in [-0.2, 0) is 25.7 Å². The van der Waals surface area contributed by atoms with Gasteiger partial charge in [0.2, 0.25) is 11.4 Å². The Labute approximate surface area is 271 Å². The second-order valence-corrected chi connectivity index (χ2v) is 13.3. The zero-order valence-corrected chi connectivity index (χ0v) is 29.5. The lowest BCUT2D eigenvalue weighted by Crippen LogP contribution is -2.05. The molecule has 0 bridgehead atoms. The molecule has 0 spiro atoms. The third kappa shape index (κ3) is 10.3. The van der Waals surface area contributed by atoms with Crippen molar-refractivity contribution < 1.29 is 4.70 Å². The molecule has 44 heavy (non-hydrogen) atoms. The van der Waals surface area contributed by atoms with Gasteiger partial charge in [-0.2, -0.15) is 0 Å². The monoisotopic (exact) mass is 597 g/mol. The van der Waals surface area contributed by atoms with Crippen LogP contribution in [0.2, 0.25) is 0 Å². The predicted molar refractivity (Wildman–Crippen MR) is 193 cm³/mol. The minimum Gasteiger partial charge on any atom is -0.493 e. The molecule has 1 aliphatic rings. The molecule has 1 aliphatic heterocycles. The van der Waals surface area contributed by atoms with Crippen LogP contribution in [0.4, 0.5) is 0 Å². The molecular formula is C42H64N2. The predicted octanol–water partition coefficient (Wildman–Crippen LogP) is 13.4. The van der Waals surface area contributed by atoms with Crippen LogP contribution in [0.1, 0.15) is 178 Å². The average Bonchev–Trinajstić information content (AvgIpc) is 3.31. The Morgan fingerprint density at radius 3 is 1.07 bits per heavy atom. The second-order valence-electron chi connectivity index (χ2n) is 13.3. The molecule has 0 saturated heterocycles. The van der Waals surface area contributed by atoms with E-state index in [-0.39, 0.29) is 0 Å². The van der Waals surface area contributed by atoms with Crippen molar-refractivity contribution >= 4 is 11.4 Å². The summed E-state index contributed by atoms with van der Waals surface area (Å²) in [7, 11) is 0. The molecule has 0 aliphatic carbocycles. The van der Waals surface area contributed by atoms with Gasteiger partial charge < -0.3 is 5.53 Å². The third-order valence-electron chi connectivity index (χ3n) is 9.42. The van der Waals surface area contributed by atoms with Crippen LogP contribution in [0.3, 0.4) is 0 Å². The van der Waals surface area contributed by atoms with Gasteiger partial charge in [-0.25, -0.2) is 4.70 Å². The largest absolute Gasteiger partial charge is 0.493 e. The molecule has 0 saturated carbocycles. The Kier molecular flexibility index (Phi) is 16.2. The van der Waals surface area contributed by atoms with E-state index in [9.17, 15) is 5.53 Å². The number of allylic oxidation sites excluding steroid dienone is 2. The average molecular weight is 597 g/mol. The van der Waals surface area contributed by atoms with Crippen molar-refractivity contribution in [2.24, 2.45) is 0 Å². The molecule has 0 fully saturated rings. The summed E-state index contributed by atoms with van der Waals surface area (Å²) < 4.78 is 1.62. The number of unbranched alkanes of at least 4 members (excludes halogenated alkanes) is 9. The van der Waals surface area contributed by atoms with Gasteiger partial charge in [0.1, 0.15) is 0 Å². The maximum absolute atomic E-state index is 12.3. The van der Waals surface area contributed by atoms with Crippen molar-refractivity contribution in [2.45, 2.75) is 170 Å². The molecule has 0 aromatic heterocycles. The summed E-state index contributed by atoms with van der Waals surface area (Å²) in [6.07, 6.45) is 23.7. The maximum atomic E-state index is 12.3. The second kappa shape index (κ2) is 19.8. The highest BCUT2D eigenvalue weighted by Gasteiger charge is 2.35. The first-order valence-electron chi connectivity index (χ1n) is 18.7. The van der Waals surface area contributed by atoms with E-state index < -0.39 is 0 Å². The summed E-state index contributed by atoms with van der Waals surface area (Å²) >= 11 is 0. The van der Waals surface area contributed by atoms with Gasteiger partial charge in [-0.15, -0.1) is 0 Å². The fraction of sp³-hybridized carbons (Fsp3) is 0.619. The van der Waals surface area contributed by atoms with Crippen molar-refractivity contribution in [1.29, 1.82) is 0 Å². The van der Waals surface area contributed by atoms with Crippen LogP contribution < -0.4 is 0 Å². The highest BCUT2D eigenvalue weighted by atomic mass is 15.2. The summed E-state index contributed by atoms with van der Waals surface area (Å²) in [5, 5.41) is 0. The lowest BCUT2D eigenvalue weighted by atomic mass is 9.91. The molecule has 2 aromatic carbocycles. The van der Waals surface area contributed by atoms with E-state index in [0.29, 0.717) is 0 Å². The Balaban J connectivity index is 2.12. The molecule has 1 heterocycles. The van der Waals surface area contributed by atoms with Crippen molar-refractivity contribution in [3.8, 4) is 0 Å². The number of hydrogen-bond acceptors (Lipinski definition) is 0. The fourth-order valence-electron chi connectivity index (χ4n) is 6.94. The summed E-state index contributed by atoms with van der Waals surface area (Å²) in [5.74, 6) is 0. The Hall–Kier alpha value is -2.48. The van der Waals surface area contributed by atoms with Crippen LogP contribution >= 0.6 is 0 Å². The highest BCUT2D eigenvalue weighted by Crippen LogP contribution is 2.44. The zero-order valence-electron chi connectivity index (χ0n) is 29.5. The van der Waals surface area contributed by atoms with Crippen LogP contribution in [0.15, 0.2) is 47.5 Å². The van der Waals surface area contributed by atoms with Gasteiger partial charge in [0, 0.05) is 22.3 Å². The summed E-state index contributed by atoms with van der Waals surface area (Å²) in [6, 6.07) is 14.5. The molecule has 242 valence electrons. The van der Waals surface area contributed by atoms with Gasteiger partial charge in [0.25, 0.3) is 0 Å². The number of hydrogen-bond donors (Lipinski definition) is 0. The molecule has 0 N–H and O–H groups in total. The highest BCUT2D eigenvalue weighted by molar-refractivity contribution is 5.82. The van der Waals surface area contributed by atoms with Gasteiger partial charge in [-0.05, 0) is 117 Å². The topological polar surface area (TPSA) is 25.3 Å². The quantitative estimate of drug-likeness (QED) is 0.0954. The minimum absolute atomic E-state index is 0.930. The lowest BCUT2D eigenvalue weighted by Gasteiger charge is -2.15. The smallest absolute Gasteiger partial charge is 0.211 e. The molecule has 2 nitrogen and oxygen atoms in total. The molecule has 0 atom stereocenters. The van der Waals surface area contributed by atoms with Crippen molar-refractivity contribution in [1.82, 2.24) is 0 Å². The Morgan fingerprint density at radius 1 is 0.409 bits per heavy atom. The standard InChI is InChI=1S/C42H64N2/c1-7-13-18-22-33-27-34(23-19-14-8-2)30-37(29-33)41-39(12-6)40(26-17-11-5)42(44(41)43)38-31-35(24-20-15-9-3)28-36(32-38)25-21-16-10-4/h27-32H,7-26H2,1-6H3. The molecule has 0 unspecified atom stereocenters. The molecule has 0 radical (unpaired) electrons. The molecule has 2 heteroatoms. The number of benzene rings is 2. The van der Waals surface area contributed by atoms with E-state index in [0.717, 1.165) is 62.8 Å². The Morgan fingerprint density at radius 2 is 0.750 bits per heavy atom. The molecule has 0 amide bonds. The summed E-state index contributed by atoms with van der Waals surface area (Å²) in [4.78, 5) is 0. The van der Waals surface area contributed by atoms with Crippen LogP contribution in [0, 0.1) is 0 Å². The third-order valence-corrected chi connectivity index (χ3v) is 9.42. The SMILES string of the molecule is CCCCCc1cc(CCCCC)cc(C2=C(CC)C(CCCC)=C(c3cc(CCCCC)cc(CCCCC)c3)[N+]2=[N-])c1. The van der Waals surface area contributed by atoms with Crippen LogP contribution in [-0.4, -0.2) is 4.70 Å². The minimum atomic E-state index is 0.930. The van der Waals surface area contributed by atoms with E-state index in [2.05, 4.69) is 77.9 Å². The zero-order chi connectivity index (χ0) is 31.7. The van der Waals surface area contributed by atoms with Gasteiger partial charge in [0.15, 0.2) is 0 Å². The van der Waals surface area contributed by atoms with Crippen molar-refractivity contribution in [3.05, 3.63) is 86.5 Å². The number of rotatable bonds is 22. The first kappa shape index (κ1) is 36.0. The molecule has 3 rings (SSSR count). The first-order chi connectivity index (χ1) is 21.5. The fourth-order valence-corrected chi connectivity index (χ4v) is 6.94. The van der Waals surface area contributed by atoms with Gasteiger partial charge in [-0.3, -0.25) is 0 Å². The molecule has 2 aromatic rings. The van der Waals surface area contributed by atoms with E-state index >= 15 is 0 Å². The summed E-state index contributed by atoms with van der Waals surface area (Å²) in [6.45, 7) is 13.7. The summed E-state index contributed by atoms with van der Waals surface area (Å²) in [5.41, 5.74) is 25.2.